The number of rotatable bonds is 4. The maximum Gasteiger partial charge on any atom is 0.291 e. The second kappa shape index (κ2) is 6.02. The molecular weight excluding hydrogens is 330 g/mol. The lowest BCUT2D eigenvalue weighted by atomic mass is 9.94. The van der Waals surface area contributed by atoms with E-state index in [1.54, 1.807) is 6.92 Å². The standard InChI is InChI=1S/C12H16BrN3O4/c1-8-9(16(18)19)6-14-11(10(8)13)15-7-12(17)2-4-20-5-3-12/h6,17H,2-5,7H2,1H3,(H,14,15). The quantitative estimate of drug-likeness (QED) is 0.639. The van der Waals surface area contributed by atoms with Gasteiger partial charge in [0.2, 0.25) is 0 Å². The largest absolute Gasteiger partial charge is 0.388 e. The van der Waals surface area contributed by atoms with E-state index in [4.69, 9.17) is 4.74 Å². The van der Waals surface area contributed by atoms with Crippen molar-refractivity contribution in [2.45, 2.75) is 25.4 Å². The van der Waals surface area contributed by atoms with Gasteiger partial charge in [-0.25, -0.2) is 4.98 Å². The van der Waals surface area contributed by atoms with Crippen molar-refractivity contribution >= 4 is 27.4 Å². The third-order valence-electron chi connectivity index (χ3n) is 3.44. The molecule has 0 atom stereocenters. The molecule has 1 aliphatic heterocycles. The van der Waals surface area contributed by atoms with Gasteiger partial charge in [0.25, 0.3) is 5.69 Å². The first-order chi connectivity index (χ1) is 9.43. The molecular formula is C12H16BrN3O4. The zero-order chi connectivity index (χ0) is 14.8. The van der Waals surface area contributed by atoms with Crippen molar-refractivity contribution < 1.29 is 14.8 Å². The maximum atomic E-state index is 10.8. The van der Waals surface area contributed by atoms with Crippen molar-refractivity contribution in [1.82, 2.24) is 4.98 Å². The molecule has 2 N–H and O–H groups in total. The van der Waals surface area contributed by atoms with Crippen LogP contribution >= 0.6 is 15.9 Å². The summed E-state index contributed by atoms with van der Waals surface area (Å²) in [5.41, 5.74) is -0.353. The van der Waals surface area contributed by atoms with Crippen LogP contribution < -0.4 is 5.32 Å². The van der Waals surface area contributed by atoms with Crippen LogP contribution in [0.15, 0.2) is 10.7 Å². The molecule has 1 aromatic heterocycles. The molecule has 0 aliphatic carbocycles. The summed E-state index contributed by atoms with van der Waals surface area (Å²) in [4.78, 5) is 14.4. The van der Waals surface area contributed by atoms with Crippen LogP contribution in [0.5, 0.6) is 0 Å². The molecule has 0 radical (unpaired) electrons. The van der Waals surface area contributed by atoms with Gasteiger partial charge in [0.1, 0.15) is 12.0 Å². The van der Waals surface area contributed by atoms with E-state index in [0.29, 0.717) is 48.5 Å². The lowest BCUT2D eigenvalue weighted by molar-refractivity contribution is -0.385. The monoisotopic (exact) mass is 345 g/mol. The summed E-state index contributed by atoms with van der Waals surface area (Å²) in [7, 11) is 0. The average Bonchev–Trinajstić information content (AvgIpc) is 2.41. The summed E-state index contributed by atoms with van der Waals surface area (Å²) in [6.45, 7) is 3.05. The van der Waals surface area contributed by atoms with Crippen LogP contribution in [0.25, 0.3) is 0 Å². The molecule has 7 nitrogen and oxygen atoms in total. The van der Waals surface area contributed by atoms with Gasteiger partial charge in [0.05, 0.1) is 15.0 Å². The van der Waals surface area contributed by atoms with Gasteiger partial charge in [0.15, 0.2) is 0 Å². The van der Waals surface area contributed by atoms with Crippen LogP contribution in [0.3, 0.4) is 0 Å². The molecule has 0 bridgehead atoms. The Hall–Kier alpha value is -1.25. The molecule has 0 unspecified atom stereocenters. The van der Waals surface area contributed by atoms with Gasteiger partial charge in [0, 0.05) is 38.2 Å². The van der Waals surface area contributed by atoms with Crippen LogP contribution in [0.4, 0.5) is 11.5 Å². The van der Waals surface area contributed by atoms with Gasteiger partial charge in [-0.3, -0.25) is 10.1 Å². The van der Waals surface area contributed by atoms with Gasteiger partial charge < -0.3 is 15.2 Å². The van der Waals surface area contributed by atoms with Crippen LogP contribution in [-0.4, -0.2) is 40.4 Å². The van der Waals surface area contributed by atoms with E-state index in [-0.39, 0.29) is 5.69 Å². The van der Waals surface area contributed by atoms with E-state index >= 15 is 0 Å². The number of hydrogen-bond acceptors (Lipinski definition) is 6. The van der Waals surface area contributed by atoms with Crippen LogP contribution in [0.2, 0.25) is 0 Å². The minimum absolute atomic E-state index is 0.0350. The molecule has 110 valence electrons. The van der Waals surface area contributed by atoms with Crippen LogP contribution in [0.1, 0.15) is 18.4 Å². The summed E-state index contributed by atoms with van der Waals surface area (Å²) < 4.78 is 5.76. The molecule has 0 amide bonds. The fraction of sp³-hybridized carbons (Fsp3) is 0.583. The smallest absolute Gasteiger partial charge is 0.291 e. The third-order valence-corrected chi connectivity index (χ3v) is 4.41. The zero-order valence-electron chi connectivity index (χ0n) is 11.1. The van der Waals surface area contributed by atoms with E-state index in [0.717, 1.165) is 0 Å². The predicted molar refractivity (Wildman–Crippen MR) is 76.8 cm³/mol. The molecule has 2 heterocycles. The Morgan fingerprint density at radius 3 is 2.85 bits per heavy atom. The minimum atomic E-state index is -0.824. The lowest BCUT2D eigenvalue weighted by Gasteiger charge is -2.32. The number of nitro groups is 1. The van der Waals surface area contributed by atoms with Crippen molar-refractivity contribution in [2.75, 3.05) is 25.1 Å². The van der Waals surface area contributed by atoms with Crippen molar-refractivity contribution in [3.8, 4) is 0 Å². The number of hydrogen-bond donors (Lipinski definition) is 2. The van der Waals surface area contributed by atoms with E-state index in [1.807, 2.05) is 0 Å². The van der Waals surface area contributed by atoms with E-state index < -0.39 is 10.5 Å². The van der Waals surface area contributed by atoms with Crippen molar-refractivity contribution in [3.05, 3.63) is 26.3 Å². The molecule has 0 spiro atoms. The van der Waals surface area contributed by atoms with Crippen LogP contribution in [0, 0.1) is 17.0 Å². The van der Waals surface area contributed by atoms with E-state index in [1.165, 1.54) is 6.20 Å². The lowest BCUT2D eigenvalue weighted by Crippen LogP contribution is -2.42. The molecule has 0 saturated carbocycles. The third kappa shape index (κ3) is 3.25. The fourth-order valence-electron chi connectivity index (χ4n) is 2.05. The summed E-state index contributed by atoms with van der Waals surface area (Å²) in [5, 5.41) is 24.2. The molecule has 1 saturated heterocycles. The molecule has 1 aliphatic rings. The Bertz CT molecular complexity index is 518. The number of halogens is 1. The Kier molecular flexibility index (Phi) is 4.56. The second-order valence-electron chi connectivity index (χ2n) is 4.88. The Morgan fingerprint density at radius 1 is 1.60 bits per heavy atom. The van der Waals surface area contributed by atoms with Gasteiger partial charge in [-0.2, -0.15) is 0 Å². The number of ether oxygens (including phenoxy) is 1. The molecule has 20 heavy (non-hydrogen) atoms. The molecule has 2 rings (SSSR count). The topological polar surface area (TPSA) is 97.5 Å². The number of nitrogens with one attached hydrogen (secondary N) is 1. The first-order valence-electron chi connectivity index (χ1n) is 6.26. The number of pyridine rings is 1. The second-order valence-corrected chi connectivity index (χ2v) is 5.67. The van der Waals surface area contributed by atoms with Gasteiger partial charge in [-0.05, 0) is 22.9 Å². The van der Waals surface area contributed by atoms with Gasteiger partial charge in [-0.15, -0.1) is 0 Å². The van der Waals surface area contributed by atoms with Crippen LogP contribution in [-0.2, 0) is 4.74 Å². The normalized spacial score (nSPS) is 17.8. The number of aliphatic hydroxyl groups is 1. The molecule has 0 aromatic carbocycles. The first-order valence-corrected chi connectivity index (χ1v) is 7.06. The zero-order valence-corrected chi connectivity index (χ0v) is 12.6. The van der Waals surface area contributed by atoms with E-state index in [9.17, 15) is 15.2 Å². The van der Waals surface area contributed by atoms with Crippen molar-refractivity contribution in [1.29, 1.82) is 0 Å². The Labute approximate surface area is 124 Å². The highest BCUT2D eigenvalue weighted by Gasteiger charge is 2.30. The summed E-state index contributed by atoms with van der Waals surface area (Å²) in [6, 6.07) is 0. The Balaban J connectivity index is 2.10. The van der Waals surface area contributed by atoms with Gasteiger partial charge >= 0.3 is 0 Å². The highest BCUT2D eigenvalue weighted by molar-refractivity contribution is 9.10. The number of nitrogens with zero attached hydrogens (tertiary/aromatic N) is 2. The highest BCUT2D eigenvalue weighted by Crippen LogP contribution is 2.31. The molecule has 1 aromatic rings. The highest BCUT2D eigenvalue weighted by atomic mass is 79.9. The average molecular weight is 346 g/mol. The minimum Gasteiger partial charge on any atom is -0.388 e. The van der Waals surface area contributed by atoms with Crippen molar-refractivity contribution in [2.24, 2.45) is 0 Å². The molecule has 1 fully saturated rings. The summed E-state index contributed by atoms with van der Waals surface area (Å²) in [5.74, 6) is 0.494. The predicted octanol–water partition coefficient (Wildman–Crippen LogP) is 2.01. The van der Waals surface area contributed by atoms with Gasteiger partial charge in [-0.1, -0.05) is 0 Å². The Morgan fingerprint density at radius 2 is 2.25 bits per heavy atom. The summed E-state index contributed by atoms with van der Waals surface area (Å²) >= 11 is 3.31. The SMILES string of the molecule is Cc1c([N+](=O)[O-])cnc(NCC2(O)CCOCC2)c1Br. The fourth-order valence-corrected chi connectivity index (χ4v) is 2.50. The molecule has 8 heteroatoms. The van der Waals surface area contributed by atoms with Crippen molar-refractivity contribution in [3.63, 3.8) is 0 Å². The number of aromatic nitrogens is 1. The number of anilines is 1. The summed E-state index contributed by atoms with van der Waals surface area (Å²) in [6.07, 6.45) is 2.34. The maximum absolute atomic E-state index is 10.8. The first kappa shape index (κ1) is 15.1. The van der Waals surface area contributed by atoms with E-state index in [2.05, 4.69) is 26.2 Å².